The minimum atomic E-state index is -0.367. The molecule has 0 amide bonds. The number of aromatic nitrogens is 4. The van der Waals surface area contributed by atoms with E-state index in [0.29, 0.717) is 47.3 Å². The zero-order valence-electron chi connectivity index (χ0n) is 16.9. The second-order valence-corrected chi connectivity index (χ2v) is 8.45. The molecule has 0 N–H and O–H groups in total. The second kappa shape index (κ2) is 6.14. The van der Waals surface area contributed by atoms with Gasteiger partial charge in [0, 0.05) is 24.0 Å². The van der Waals surface area contributed by atoms with Gasteiger partial charge >= 0.3 is 0 Å². The number of benzene rings is 1. The lowest BCUT2D eigenvalue weighted by Gasteiger charge is -2.37. The third-order valence-electron chi connectivity index (χ3n) is 5.62. The smallest absolute Gasteiger partial charge is 0.228 e. The molecule has 0 bridgehead atoms. The van der Waals surface area contributed by atoms with Crippen LogP contribution in [0.1, 0.15) is 49.6 Å². The van der Waals surface area contributed by atoms with E-state index in [1.54, 1.807) is 18.0 Å². The fourth-order valence-corrected chi connectivity index (χ4v) is 4.47. The van der Waals surface area contributed by atoms with Crippen LogP contribution in [0.25, 0.3) is 5.65 Å². The van der Waals surface area contributed by atoms with Crippen molar-refractivity contribution in [3.8, 4) is 11.6 Å². The van der Waals surface area contributed by atoms with E-state index in [-0.39, 0.29) is 17.1 Å². The van der Waals surface area contributed by atoms with Crippen LogP contribution in [0.15, 0.2) is 41.9 Å². The summed E-state index contributed by atoms with van der Waals surface area (Å²) in [5.41, 5.74) is 2.82. The summed E-state index contributed by atoms with van der Waals surface area (Å²) in [5.74, 6) is 2.25. The van der Waals surface area contributed by atoms with Crippen LogP contribution in [0.5, 0.6) is 11.6 Å². The predicted octanol–water partition coefficient (Wildman–Crippen LogP) is 3.61. The summed E-state index contributed by atoms with van der Waals surface area (Å²) in [7, 11) is 1.64. The summed E-state index contributed by atoms with van der Waals surface area (Å²) in [6.45, 7) is 6.01. The van der Waals surface area contributed by atoms with Crippen LogP contribution in [0.3, 0.4) is 0 Å². The lowest BCUT2D eigenvalue weighted by atomic mass is 9.70. The van der Waals surface area contributed by atoms with E-state index in [0.717, 1.165) is 11.1 Å². The normalized spacial score (nSPS) is 20.3. The Morgan fingerprint density at radius 2 is 2.03 bits per heavy atom. The molecule has 0 fully saturated rings. The summed E-state index contributed by atoms with van der Waals surface area (Å²) in [4.78, 5) is 22.5. The summed E-state index contributed by atoms with van der Waals surface area (Å²) >= 11 is 0. The first-order valence-corrected chi connectivity index (χ1v) is 9.67. The highest BCUT2D eigenvalue weighted by Crippen LogP contribution is 2.51. The van der Waals surface area contributed by atoms with Gasteiger partial charge in [-0.3, -0.25) is 4.79 Å². The topological polar surface area (TPSA) is 78.6 Å². The van der Waals surface area contributed by atoms with E-state index in [1.807, 2.05) is 31.2 Å². The SMILES string of the molecule is COc1ccccc1[C@@H]1C2=C(CC(C)(C)CC2=O)Oc2ncn3nc(C)nc3c21. The fourth-order valence-electron chi connectivity index (χ4n) is 4.47. The summed E-state index contributed by atoms with van der Waals surface area (Å²) in [5, 5.41) is 4.39. The first-order valence-electron chi connectivity index (χ1n) is 9.67. The predicted molar refractivity (Wildman–Crippen MR) is 106 cm³/mol. The van der Waals surface area contributed by atoms with Crippen molar-refractivity contribution in [2.45, 2.75) is 39.5 Å². The lowest BCUT2D eigenvalue weighted by Crippen LogP contribution is -2.33. The Bertz CT molecular complexity index is 1190. The number of rotatable bonds is 2. The summed E-state index contributed by atoms with van der Waals surface area (Å²) in [6, 6.07) is 7.77. The summed E-state index contributed by atoms with van der Waals surface area (Å²) in [6.07, 6.45) is 2.75. The van der Waals surface area contributed by atoms with Crippen molar-refractivity contribution in [2.75, 3.05) is 7.11 Å². The number of fused-ring (bicyclic) bond motifs is 3. The minimum absolute atomic E-state index is 0.0936. The minimum Gasteiger partial charge on any atom is -0.496 e. The van der Waals surface area contributed by atoms with Gasteiger partial charge in [0.15, 0.2) is 11.4 Å². The third-order valence-corrected chi connectivity index (χ3v) is 5.62. The molecular weight excluding hydrogens is 368 g/mol. The van der Waals surface area contributed by atoms with E-state index in [2.05, 4.69) is 28.9 Å². The number of Topliss-reactive ketones (excluding diaryl/α,β-unsaturated/α-hetero) is 1. The second-order valence-electron chi connectivity index (χ2n) is 8.45. The van der Waals surface area contributed by atoms with Gasteiger partial charge < -0.3 is 9.47 Å². The van der Waals surface area contributed by atoms with Gasteiger partial charge in [0.05, 0.1) is 18.6 Å². The molecule has 29 heavy (non-hydrogen) atoms. The first kappa shape index (κ1) is 17.8. The maximum Gasteiger partial charge on any atom is 0.228 e. The van der Waals surface area contributed by atoms with Crippen LogP contribution in [-0.4, -0.2) is 32.5 Å². The van der Waals surface area contributed by atoms with Crippen LogP contribution in [0.2, 0.25) is 0 Å². The highest BCUT2D eigenvalue weighted by Gasteiger charge is 2.44. The van der Waals surface area contributed by atoms with Crippen molar-refractivity contribution < 1.29 is 14.3 Å². The van der Waals surface area contributed by atoms with Crippen molar-refractivity contribution in [1.29, 1.82) is 0 Å². The zero-order valence-corrected chi connectivity index (χ0v) is 16.9. The molecule has 3 heterocycles. The van der Waals surface area contributed by atoms with Crippen LogP contribution < -0.4 is 9.47 Å². The molecule has 5 rings (SSSR count). The number of nitrogens with zero attached hydrogens (tertiary/aromatic N) is 4. The number of aryl methyl sites for hydroxylation is 1. The molecule has 1 aliphatic heterocycles. The maximum atomic E-state index is 13.3. The van der Waals surface area contributed by atoms with E-state index >= 15 is 0 Å². The third kappa shape index (κ3) is 2.72. The molecule has 1 aliphatic carbocycles. The number of para-hydroxylation sites is 1. The van der Waals surface area contributed by atoms with E-state index in [9.17, 15) is 4.79 Å². The molecule has 2 aliphatic rings. The molecule has 2 aromatic heterocycles. The quantitative estimate of drug-likeness (QED) is 0.665. The van der Waals surface area contributed by atoms with E-state index < -0.39 is 0 Å². The molecule has 0 saturated carbocycles. The Labute approximate surface area is 168 Å². The van der Waals surface area contributed by atoms with Gasteiger partial charge in [-0.2, -0.15) is 5.10 Å². The highest BCUT2D eigenvalue weighted by atomic mass is 16.5. The van der Waals surface area contributed by atoms with Gasteiger partial charge in [-0.1, -0.05) is 32.0 Å². The Morgan fingerprint density at radius 3 is 2.83 bits per heavy atom. The van der Waals surface area contributed by atoms with Crippen LogP contribution >= 0.6 is 0 Å². The molecule has 148 valence electrons. The molecule has 1 aromatic carbocycles. The Hall–Kier alpha value is -3.22. The largest absolute Gasteiger partial charge is 0.496 e. The van der Waals surface area contributed by atoms with Gasteiger partial charge in [0.2, 0.25) is 5.88 Å². The van der Waals surface area contributed by atoms with Crippen molar-refractivity contribution in [2.24, 2.45) is 5.41 Å². The van der Waals surface area contributed by atoms with Gasteiger partial charge in [0.1, 0.15) is 23.7 Å². The van der Waals surface area contributed by atoms with E-state index in [1.165, 1.54) is 0 Å². The van der Waals surface area contributed by atoms with Crippen LogP contribution in [0, 0.1) is 12.3 Å². The number of hydrogen-bond donors (Lipinski definition) is 0. The average molecular weight is 390 g/mol. The van der Waals surface area contributed by atoms with Crippen molar-refractivity contribution >= 4 is 11.4 Å². The maximum absolute atomic E-state index is 13.3. The number of carbonyl (C=O) groups excluding carboxylic acids is 1. The molecule has 0 radical (unpaired) electrons. The molecule has 0 spiro atoms. The summed E-state index contributed by atoms with van der Waals surface area (Å²) < 4.78 is 13.5. The highest BCUT2D eigenvalue weighted by molar-refractivity contribution is 6.00. The van der Waals surface area contributed by atoms with Gasteiger partial charge in [-0.15, -0.1) is 0 Å². The van der Waals surface area contributed by atoms with Crippen molar-refractivity contribution in [1.82, 2.24) is 19.6 Å². The number of ether oxygens (including phenoxy) is 2. The molecular formula is C22H22N4O3. The first-order chi connectivity index (χ1) is 13.9. The number of hydrogen-bond acceptors (Lipinski definition) is 6. The molecule has 0 unspecified atom stereocenters. The number of methoxy groups -OCH3 is 1. The Kier molecular flexibility index (Phi) is 3.78. The fraction of sp³-hybridized carbons (Fsp3) is 0.364. The van der Waals surface area contributed by atoms with E-state index in [4.69, 9.17) is 9.47 Å². The van der Waals surface area contributed by atoms with Crippen molar-refractivity contribution in [3.05, 3.63) is 58.9 Å². The molecule has 3 aromatic rings. The average Bonchev–Trinajstić information content (AvgIpc) is 3.05. The number of allylic oxidation sites excluding steroid dienone is 2. The van der Waals surface area contributed by atoms with Gasteiger partial charge in [-0.05, 0) is 18.4 Å². The monoisotopic (exact) mass is 390 g/mol. The van der Waals surface area contributed by atoms with Crippen LogP contribution in [-0.2, 0) is 4.79 Å². The van der Waals surface area contributed by atoms with Gasteiger partial charge in [-0.25, -0.2) is 14.5 Å². The molecule has 1 atom stereocenters. The van der Waals surface area contributed by atoms with Crippen LogP contribution in [0.4, 0.5) is 0 Å². The standard InChI is InChI=1S/C22H22N4O3/c1-12-24-20-19-17(13-7-5-6-8-15(13)28-4)18-14(27)9-22(2,3)10-16(18)29-21(19)23-11-26(20)25-12/h5-8,11,17H,9-10H2,1-4H3/t17-/m1/s1. The Morgan fingerprint density at radius 1 is 1.24 bits per heavy atom. The number of carbonyl (C=O) groups is 1. The molecule has 0 saturated heterocycles. The molecule has 7 nitrogen and oxygen atoms in total. The van der Waals surface area contributed by atoms with Gasteiger partial charge in [0.25, 0.3) is 0 Å². The molecule has 7 heteroatoms. The number of ketones is 1. The van der Waals surface area contributed by atoms with Crippen molar-refractivity contribution in [3.63, 3.8) is 0 Å². The lowest BCUT2D eigenvalue weighted by molar-refractivity contribution is -0.118. The zero-order chi connectivity index (χ0) is 20.3. The Balaban J connectivity index is 1.84.